The van der Waals surface area contributed by atoms with Gasteiger partial charge in [0.25, 0.3) is 5.91 Å². The largest absolute Gasteiger partial charge is 0.460 e. The topological polar surface area (TPSA) is 138 Å². The molecule has 3 heterocycles. The number of benzene rings is 2. The van der Waals surface area contributed by atoms with Crippen LogP contribution in [-0.4, -0.2) is 83.3 Å². The van der Waals surface area contributed by atoms with E-state index in [0.717, 1.165) is 5.56 Å². The van der Waals surface area contributed by atoms with Crippen LogP contribution in [-0.2, 0) is 25.7 Å². The summed E-state index contributed by atoms with van der Waals surface area (Å²) < 4.78 is 15.2. The Hall–Kier alpha value is -4.45. The molecule has 12 heteroatoms. The molecule has 0 spiro atoms. The van der Waals surface area contributed by atoms with Crippen molar-refractivity contribution < 1.29 is 28.4 Å². The number of hydrogen-bond donors (Lipinski definition) is 1. The maximum Gasteiger partial charge on any atom is 0.439 e. The minimum absolute atomic E-state index is 0.0871. The fourth-order valence-electron chi connectivity index (χ4n) is 4.25. The number of hydrogen-bond acceptors (Lipinski definition) is 9. The lowest BCUT2D eigenvalue weighted by atomic mass is 10.2. The molecular formula is C25H25N5O7. The molecule has 1 N–H and O–H groups in total. The number of aromatic amines is 1. The van der Waals surface area contributed by atoms with Crippen molar-refractivity contribution in [1.82, 2.24) is 19.9 Å². The number of H-pyrrole nitrogens is 1. The van der Waals surface area contributed by atoms with Crippen molar-refractivity contribution in [3.63, 3.8) is 0 Å². The van der Waals surface area contributed by atoms with Gasteiger partial charge in [0.15, 0.2) is 11.9 Å². The van der Waals surface area contributed by atoms with E-state index in [9.17, 15) is 19.2 Å². The van der Waals surface area contributed by atoms with E-state index in [1.165, 1.54) is 4.90 Å². The highest BCUT2D eigenvalue weighted by Gasteiger charge is 2.39. The Kier molecular flexibility index (Phi) is 6.99. The van der Waals surface area contributed by atoms with E-state index in [0.29, 0.717) is 37.4 Å². The summed E-state index contributed by atoms with van der Waals surface area (Å²) in [5, 5.41) is 3.63. The van der Waals surface area contributed by atoms with Gasteiger partial charge in [-0.1, -0.05) is 35.5 Å². The normalized spacial score (nSPS) is 18.1. The predicted octanol–water partition coefficient (Wildman–Crippen LogP) is 1.24. The number of amides is 2. The smallest absolute Gasteiger partial charge is 0.439 e. The molecule has 3 aromatic rings. The first-order valence-electron chi connectivity index (χ1n) is 11.8. The van der Waals surface area contributed by atoms with Gasteiger partial charge in [0.2, 0.25) is 0 Å². The highest BCUT2D eigenvalue weighted by atomic mass is 16.6. The van der Waals surface area contributed by atoms with Crippen molar-refractivity contribution in [2.45, 2.75) is 12.7 Å². The van der Waals surface area contributed by atoms with E-state index < -0.39 is 18.0 Å². The summed E-state index contributed by atoms with van der Waals surface area (Å²) >= 11 is 0. The summed E-state index contributed by atoms with van der Waals surface area (Å²) in [7, 11) is 0. The van der Waals surface area contributed by atoms with Crippen molar-refractivity contribution in [3.05, 3.63) is 70.7 Å². The Balaban J connectivity index is 1.09. The van der Waals surface area contributed by atoms with Gasteiger partial charge < -0.3 is 14.4 Å². The second-order valence-corrected chi connectivity index (χ2v) is 8.72. The number of nitrogens with one attached hydrogen (secondary N) is 1. The molecule has 2 fully saturated rings. The quantitative estimate of drug-likeness (QED) is 0.468. The highest BCUT2D eigenvalue weighted by molar-refractivity contribution is 5.95. The van der Waals surface area contributed by atoms with Gasteiger partial charge in [0.05, 0.1) is 13.1 Å². The van der Waals surface area contributed by atoms with E-state index in [-0.39, 0.29) is 37.4 Å². The van der Waals surface area contributed by atoms with Gasteiger partial charge in [-0.2, -0.15) is 0 Å². The number of aromatic nitrogens is 2. The van der Waals surface area contributed by atoms with E-state index in [1.807, 2.05) is 35.2 Å². The molecule has 2 aromatic carbocycles. The zero-order valence-electron chi connectivity index (χ0n) is 19.9. The Morgan fingerprint density at radius 2 is 1.73 bits per heavy atom. The zero-order chi connectivity index (χ0) is 25.8. The standard InChI is InChI=1S/C25H25N5O7/c31-21(35-16-17-4-2-1-3-5-17)15-28-10-12-29(13-11-28)23(32)20-14-30(25(34)36-20)19-8-6-18(7-9-19)22-26-24(33)37-27-22/h1-9,20H,10-16H2,(H,26,27,33). The Morgan fingerprint density at radius 3 is 2.41 bits per heavy atom. The number of carbonyl (C=O) groups is 3. The number of ether oxygens (including phenoxy) is 2. The van der Waals surface area contributed by atoms with Crippen molar-refractivity contribution >= 4 is 23.7 Å². The van der Waals surface area contributed by atoms with E-state index >= 15 is 0 Å². The van der Waals surface area contributed by atoms with Crippen LogP contribution < -0.4 is 10.7 Å². The molecular weight excluding hydrogens is 482 g/mol. The molecule has 2 aliphatic heterocycles. The predicted molar refractivity (Wildman–Crippen MR) is 129 cm³/mol. The molecule has 12 nitrogen and oxygen atoms in total. The van der Waals surface area contributed by atoms with Crippen molar-refractivity contribution in [2.75, 3.05) is 44.2 Å². The average molecular weight is 508 g/mol. The number of anilines is 1. The third-order valence-electron chi connectivity index (χ3n) is 6.26. The van der Waals surface area contributed by atoms with Gasteiger partial charge in [-0.25, -0.2) is 9.59 Å². The lowest BCUT2D eigenvalue weighted by Crippen LogP contribution is -2.53. The SMILES string of the molecule is O=C(CN1CCN(C(=O)C2CN(c3ccc(-c4noc(=O)[nH]4)cc3)C(=O)O2)CC1)OCc1ccccc1. The van der Waals surface area contributed by atoms with Gasteiger partial charge in [-0.15, -0.1) is 0 Å². The summed E-state index contributed by atoms with van der Waals surface area (Å²) in [6.45, 7) is 2.34. The van der Waals surface area contributed by atoms with Crippen molar-refractivity contribution in [3.8, 4) is 11.4 Å². The summed E-state index contributed by atoms with van der Waals surface area (Å²) in [5.41, 5.74) is 2.08. The average Bonchev–Trinajstić information content (AvgIpc) is 3.54. The maximum atomic E-state index is 13.0. The van der Waals surface area contributed by atoms with Gasteiger partial charge in [-0.05, 0) is 29.8 Å². The second kappa shape index (κ2) is 10.7. The summed E-state index contributed by atoms with van der Waals surface area (Å²) in [4.78, 5) is 56.2. The van der Waals surface area contributed by atoms with Crippen LogP contribution in [0.1, 0.15) is 5.56 Å². The minimum atomic E-state index is -0.915. The van der Waals surface area contributed by atoms with Gasteiger partial charge in [-0.3, -0.25) is 28.9 Å². The minimum Gasteiger partial charge on any atom is -0.460 e. The Bertz CT molecular complexity index is 1310. The van der Waals surface area contributed by atoms with Crippen LogP contribution in [0, 0.1) is 0 Å². The third-order valence-corrected chi connectivity index (χ3v) is 6.26. The van der Waals surface area contributed by atoms with Gasteiger partial charge in [0.1, 0.15) is 6.61 Å². The fraction of sp³-hybridized carbons (Fsp3) is 0.320. The van der Waals surface area contributed by atoms with Crippen LogP contribution >= 0.6 is 0 Å². The first-order valence-corrected chi connectivity index (χ1v) is 11.8. The van der Waals surface area contributed by atoms with Gasteiger partial charge >= 0.3 is 17.8 Å². The first-order chi connectivity index (χ1) is 18.0. The molecule has 2 aliphatic rings. The summed E-state index contributed by atoms with van der Waals surface area (Å²) in [6.07, 6.45) is -1.53. The van der Waals surface area contributed by atoms with Crippen LogP contribution in [0.3, 0.4) is 0 Å². The number of piperazine rings is 1. The second-order valence-electron chi connectivity index (χ2n) is 8.72. The van der Waals surface area contributed by atoms with Crippen molar-refractivity contribution in [2.24, 2.45) is 0 Å². The highest BCUT2D eigenvalue weighted by Crippen LogP contribution is 2.25. The summed E-state index contributed by atoms with van der Waals surface area (Å²) in [5.74, 6) is -0.964. The van der Waals surface area contributed by atoms with Gasteiger partial charge in [0, 0.05) is 37.4 Å². The lowest BCUT2D eigenvalue weighted by Gasteiger charge is -2.34. The Morgan fingerprint density at radius 1 is 1.00 bits per heavy atom. The number of nitrogens with zero attached hydrogens (tertiary/aromatic N) is 4. The molecule has 5 rings (SSSR count). The summed E-state index contributed by atoms with van der Waals surface area (Å²) in [6, 6.07) is 16.2. The van der Waals surface area contributed by atoms with E-state index in [2.05, 4.69) is 14.7 Å². The van der Waals surface area contributed by atoms with E-state index in [4.69, 9.17) is 9.47 Å². The molecule has 1 aromatic heterocycles. The molecule has 192 valence electrons. The molecule has 0 bridgehead atoms. The molecule has 0 radical (unpaired) electrons. The maximum absolute atomic E-state index is 13.0. The number of carbonyl (C=O) groups excluding carboxylic acids is 3. The van der Waals surface area contributed by atoms with E-state index in [1.54, 1.807) is 29.2 Å². The number of esters is 1. The molecule has 0 saturated carbocycles. The number of cyclic esters (lactones) is 1. The lowest BCUT2D eigenvalue weighted by molar-refractivity contribution is -0.147. The van der Waals surface area contributed by atoms with Crippen LogP contribution in [0.4, 0.5) is 10.5 Å². The van der Waals surface area contributed by atoms with Crippen LogP contribution in [0.2, 0.25) is 0 Å². The van der Waals surface area contributed by atoms with Crippen LogP contribution in [0.25, 0.3) is 11.4 Å². The molecule has 37 heavy (non-hydrogen) atoms. The Labute approximate surface area is 211 Å². The van der Waals surface area contributed by atoms with Crippen LogP contribution in [0.5, 0.6) is 0 Å². The van der Waals surface area contributed by atoms with Crippen LogP contribution in [0.15, 0.2) is 63.9 Å². The third kappa shape index (κ3) is 5.70. The fourth-order valence-corrected chi connectivity index (χ4v) is 4.25. The molecule has 2 saturated heterocycles. The molecule has 0 aliphatic carbocycles. The molecule has 2 amide bonds. The molecule has 1 atom stereocenters. The first kappa shape index (κ1) is 24.3. The molecule has 1 unspecified atom stereocenters. The number of rotatable bonds is 7. The zero-order valence-corrected chi connectivity index (χ0v) is 19.9. The monoisotopic (exact) mass is 507 g/mol. The van der Waals surface area contributed by atoms with Crippen molar-refractivity contribution in [1.29, 1.82) is 0 Å².